The van der Waals surface area contributed by atoms with Crippen molar-refractivity contribution in [3.63, 3.8) is 0 Å². The molecule has 5 rings (SSSR count). The van der Waals surface area contributed by atoms with Gasteiger partial charge in [0.2, 0.25) is 10.9 Å². The van der Waals surface area contributed by atoms with Crippen LogP contribution in [0.15, 0.2) is 55.6 Å². The van der Waals surface area contributed by atoms with E-state index in [4.69, 9.17) is 0 Å². The zero-order valence-corrected chi connectivity index (χ0v) is 14.8. The lowest BCUT2D eigenvalue weighted by Gasteiger charge is -2.00. The molecule has 1 N–H and O–H groups in total. The van der Waals surface area contributed by atoms with Crippen molar-refractivity contribution in [3.8, 4) is 5.75 Å². The lowest BCUT2D eigenvalue weighted by Crippen LogP contribution is -2.15. The van der Waals surface area contributed by atoms with Crippen LogP contribution in [0.4, 0.5) is 0 Å². The summed E-state index contributed by atoms with van der Waals surface area (Å²) in [5.41, 5.74) is -0.883. The lowest BCUT2D eigenvalue weighted by molar-refractivity contribution is 0.476. The van der Waals surface area contributed by atoms with Crippen molar-refractivity contribution in [2.75, 3.05) is 0 Å². The fourth-order valence-electron chi connectivity index (χ4n) is 3.66. The highest BCUT2D eigenvalue weighted by molar-refractivity contribution is 7.25. The van der Waals surface area contributed by atoms with Gasteiger partial charge in [0, 0.05) is 21.5 Å². The SMILES string of the molecule is Cc1ccc2c(=O)c3sc4c(=O)c5cc(O)ccc5c(=O)c4c3c(=O)c2c1. The molecular formula is C21H10O5S. The molecule has 0 spiro atoms. The fraction of sp³-hybridized carbons (Fsp3) is 0.0476. The molecule has 5 aromatic rings. The summed E-state index contributed by atoms with van der Waals surface area (Å²) in [5, 5.41) is 10.4. The van der Waals surface area contributed by atoms with Crippen molar-refractivity contribution >= 4 is 53.1 Å². The van der Waals surface area contributed by atoms with Crippen LogP contribution in [0, 0.1) is 6.92 Å². The minimum atomic E-state index is -0.477. The number of rotatable bonds is 0. The maximum absolute atomic E-state index is 13.1. The number of thiophene rings is 1. The molecule has 0 aliphatic carbocycles. The average Bonchev–Trinajstić information content (AvgIpc) is 3.05. The Labute approximate surface area is 154 Å². The standard InChI is InChI=1S/C21H10O5S/c1-8-2-4-11-12(6-8)17(24)15-14-16(23)10-5-3-9(22)7-13(10)19(26)21(14)27-20(15)18(11)25/h2-7,22H,1H3. The first kappa shape index (κ1) is 15.8. The maximum Gasteiger partial charge on any atom is 0.204 e. The number of aryl methyl sites for hydroxylation is 1. The first-order valence-corrected chi connectivity index (χ1v) is 8.99. The molecule has 0 atom stereocenters. The highest BCUT2D eigenvalue weighted by Crippen LogP contribution is 2.29. The molecule has 1 aromatic heterocycles. The van der Waals surface area contributed by atoms with E-state index in [0.29, 0.717) is 0 Å². The van der Waals surface area contributed by atoms with E-state index in [0.717, 1.165) is 16.9 Å². The molecule has 5 nitrogen and oxygen atoms in total. The highest BCUT2D eigenvalue weighted by Gasteiger charge is 2.22. The van der Waals surface area contributed by atoms with Gasteiger partial charge in [-0.1, -0.05) is 11.6 Å². The first-order chi connectivity index (χ1) is 12.9. The second-order valence-electron chi connectivity index (χ2n) is 6.61. The summed E-state index contributed by atoms with van der Waals surface area (Å²) in [5.74, 6) is -0.130. The van der Waals surface area contributed by atoms with Crippen molar-refractivity contribution < 1.29 is 5.11 Å². The smallest absolute Gasteiger partial charge is 0.204 e. The van der Waals surface area contributed by atoms with Crippen molar-refractivity contribution in [1.29, 1.82) is 0 Å². The van der Waals surface area contributed by atoms with E-state index >= 15 is 0 Å². The largest absolute Gasteiger partial charge is 0.508 e. The fourth-order valence-corrected chi connectivity index (χ4v) is 4.86. The van der Waals surface area contributed by atoms with Crippen LogP contribution in [-0.4, -0.2) is 5.11 Å². The molecule has 0 radical (unpaired) electrons. The van der Waals surface area contributed by atoms with Gasteiger partial charge in [0.1, 0.15) is 5.75 Å². The molecule has 0 aliphatic heterocycles. The quantitative estimate of drug-likeness (QED) is 0.450. The summed E-state index contributed by atoms with van der Waals surface area (Å²) in [6.45, 7) is 1.81. The van der Waals surface area contributed by atoms with Crippen LogP contribution in [-0.2, 0) is 0 Å². The Morgan fingerprint density at radius 2 is 1.19 bits per heavy atom. The molecule has 4 aromatic carbocycles. The Morgan fingerprint density at radius 3 is 1.89 bits per heavy atom. The van der Waals surface area contributed by atoms with Crippen LogP contribution < -0.4 is 21.7 Å². The molecule has 27 heavy (non-hydrogen) atoms. The summed E-state index contributed by atoms with van der Waals surface area (Å²) < 4.78 is 0.203. The summed E-state index contributed by atoms with van der Waals surface area (Å²) in [4.78, 5) is 52.0. The summed E-state index contributed by atoms with van der Waals surface area (Å²) in [7, 11) is 0. The molecule has 0 bridgehead atoms. The van der Waals surface area contributed by atoms with Crippen LogP contribution in [0.5, 0.6) is 5.75 Å². The second kappa shape index (κ2) is 5.08. The molecule has 0 fully saturated rings. The molecule has 0 amide bonds. The Balaban J connectivity index is 2.20. The van der Waals surface area contributed by atoms with Gasteiger partial charge in [-0.3, -0.25) is 19.2 Å². The van der Waals surface area contributed by atoms with Gasteiger partial charge in [0.25, 0.3) is 0 Å². The lowest BCUT2D eigenvalue weighted by atomic mass is 10.0. The Bertz CT molecular complexity index is 1670. The predicted molar refractivity (Wildman–Crippen MR) is 108 cm³/mol. The predicted octanol–water partition coefficient (Wildman–Crippen LogP) is 2.69. The first-order valence-electron chi connectivity index (χ1n) is 8.17. The van der Waals surface area contributed by atoms with E-state index in [1.807, 2.05) is 6.92 Å². The van der Waals surface area contributed by atoms with Crippen LogP contribution in [0.3, 0.4) is 0 Å². The average molecular weight is 374 g/mol. The topological polar surface area (TPSA) is 88.5 Å². The second-order valence-corrected chi connectivity index (χ2v) is 7.63. The third kappa shape index (κ3) is 1.93. The number of benzene rings is 4. The number of hydrogen-bond donors (Lipinski definition) is 1. The number of phenols is 1. The van der Waals surface area contributed by atoms with Gasteiger partial charge >= 0.3 is 0 Å². The van der Waals surface area contributed by atoms with Gasteiger partial charge in [0.05, 0.1) is 20.2 Å². The molecule has 0 unspecified atom stereocenters. The third-order valence-electron chi connectivity index (χ3n) is 4.93. The van der Waals surface area contributed by atoms with Crippen LogP contribution in [0.1, 0.15) is 5.56 Å². The van der Waals surface area contributed by atoms with Gasteiger partial charge < -0.3 is 5.11 Å². The molecule has 0 saturated carbocycles. The minimum Gasteiger partial charge on any atom is -0.508 e. The molecule has 130 valence electrons. The van der Waals surface area contributed by atoms with E-state index in [2.05, 4.69) is 0 Å². The Morgan fingerprint density at radius 1 is 0.667 bits per heavy atom. The van der Waals surface area contributed by atoms with Crippen molar-refractivity contribution in [2.24, 2.45) is 0 Å². The molecule has 1 heterocycles. The van der Waals surface area contributed by atoms with Gasteiger partial charge in [-0.15, -0.1) is 11.3 Å². The summed E-state index contributed by atoms with van der Waals surface area (Å²) in [6, 6.07) is 8.90. The number of phenolic OH excluding ortho intramolecular Hbond substituents is 1. The Hall–Kier alpha value is -3.38. The molecule has 6 heteroatoms. The number of hydrogen-bond acceptors (Lipinski definition) is 6. The Kier molecular flexibility index (Phi) is 2.98. The van der Waals surface area contributed by atoms with Gasteiger partial charge in [0.15, 0.2) is 10.9 Å². The summed E-state index contributed by atoms with van der Waals surface area (Å²) in [6.07, 6.45) is 0. The van der Waals surface area contributed by atoms with Crippen molar-refractivity contribution in [2.45, 2.75) is 6.92 Å². The zero-order valence-electron chi connectivity index (χ0n) is 14.0. The van der Waals surface area contributed by atoms with Crippen LogP contribution in [0.2, 0.25) is 0 Å². The normalized spacial score (nSPS) is 11.9. The van der Waals surface area contributed by atoms with Crippen LogP contribution >= 0.6 is 11.3 Å². The van der Waals surface area contributed by atoms with Gasteiger partial charge in [-0.05, 0) is 37.3 Å². The van der Waals surface area contributed by atoms with Gasteiger partial charge in [-0.25, -0.2) is 0 Å². The highest BCUT2D eigenvalue weighted by atomic mass is 32.1. The molecule has 0 aliphatic rings. The van der Waals surface area contributed by atoms with E-state index in [1.165, 1.54) is 18.2 Å². The molecule has 0 saturated heterocycles. The van der Waals surface area contributed by atoms with E-state index in [1.54, 1.807) is 18.2 Å². The third-order valence-corrected chi connectivity index (χ3v) is 6.12. The molecular weight excluding hydrogens is 364 g/mol. The van der Waals surface area contributed by atoms with E-state index in [9.17, 15) is 24.3 Å². The minimum absolute atomic E-state index is 0.00342. The maximum atomic E-state index is 13.1. The zero-order chi connectivity index (χ0) is 19.0. The monoisotopic (exact) mass is 374 g/mol. The van der Waals surface area contributed by atoms with E-state index < -0.39 is 16.3 Å². The summed E-state index contributed by atoms with van der Waals surface area (Å²) >= 11 is 0.876. The van der Waals surface area contributed by atoms with Gasteiger partial charge in [-0.2, -0.15) is 0 Å². The van der Waals surface area contributed by atoms with E-state index in [-0.39, 0.29) is 52.9 Å². The van der Waals surface area contributed by atoms with Crippen molar-refractivity contribution in [1.82, 2.24) is 0 Å². The van der Waals surface area contributed by atoms with Crippen molar-refractivity contribution in [3.05, 3.63) is 82.9 Å². The number of fused-ring (bicyclic) bond motifs is 5. The number of aromatic hydroxyl groups is 1. The van der Waals surface area contributed by atoms with Crippen LogP contribution in [0.25, 0.3) is 41.7 Å².